The number of piperazine rings is 1. The molecule has 0 radical (unpaired) electrons. The molecule has 1 saturated carbocycles. The van der Waals surface area contributed by atoms with E-state index in [4.69, 9.17) is 5.11 Å². The van der Waals surface area contributed by atoms with Crippen molar-refractivity contribution < 1.29 is 14.7 Å². The molecule has 1 aliphatic carbocycles. The highest BCUT2D eigenvalue weighted by molar-refractivity contribution is 5.86. The van der Waals surface area contributed by atoms with Gasteiger partial charge in [0.25, 0.3) is 0 Å². The zero-order valence-electron chi connectivity index (χ0n) is 7.19. The molecule has 5 heteroatoms. The van der Waals surface area contributed by atoms with Gasteiger partial charge in [-0.1, -0.05) is 0 Å². The van der Waals surface area contributed by atoms with E-state index >= 15 is 0 Å². The highest BCUT2D eigenvalue weighted by Crippen LogP contribution is 2.29. The molecule has 2 fully saturated rings. The predicted molar refractivity (Wildman–Crippen MR) is 44.2 cm³/mol. The first kappa shape index (κ1) is 8.50. The van der Waals surface area contributed by atoms with Crippen molar-refractivity contribution in [3.8, 4) is 0 Å². The van der Waals surface area contributed by atoms with E-state index in [0.29, 0.717) is 6.54 Å². The third-order valence-corrected chi connectivity index (χ3v) is 2.46. The van der Waals surface area contributed by atoms with Crippen LogP contribution in [0.3, 0.4) is 0 Å². The molecule has 1 unspecified atom stereocenters. The monoisotopic (exact) mass is 184 g/mol. The fourth-order valence-electron chi connectivity index (χ4n) is 1.70. The Morgan fingerprint density at radius 3 is 2.77 bits per heavy atom. The van der Waals surface area contributed by atoms with Gasteiger partial charge in [0.1, 0.15) is 6.04 Å². The number of aliphatic carboxylic acids is 1. The second-order valence-corrected chi connectivity index (χ2v) is 3.52. The van der Waals surface area contributed by atoms with Crippen molar-refractivity contribution in [2.75, 3.05) is 13.1 Å². The Balaban J connectivity index is 2.13. The Hall–Kier alpha value is -1.10. The van der Waals surface area contributed by atoms with Gasteiger partial charge in [0.15, 0.2) is 0 Å². The molecule has 0 aromatic rings. The molecule has 1 amide bonds. The number of carbonyl (C=O) groups is 2. The quantitative estimate of drug-likeness (QED) is 0.579. The number of carbonyl (C=O) groups excluding carboxylic acids is 1. The smallest absolute Gasteiger partial charge is 0.327 e. The van der Waals surface area contributed by atoms with Gasteiger partial charge in [0, 0.05) is 12.6 Å². The minimum absolute atomic E-state index is 0.0823. The summed E-state index contributed by atoms with van der Waals surface area (Å²) in [4.78, 5) is 23.7. The van der Waals surface area contributed by atoms with Gasteiger partial charge < -0.3 is 15.3 Å². The zero-order valence-corrected chi connectivity index (χ0v) is 7.19. The van der Waals surface area contributed by atoms with Gasteiger partial charge in [-0.2, -0.15) is 0 Å². The summed E-state index contributed by atoms with van der Waals surface area (Å²) in [6, 6.07) is -0.468. The normalized spacial score (nSPS) is 29.1. The summed E-state index contributed by atoms with van der Waals surface area (Å²) in [5, 5.41) is 11.7. The highest BCUT2D eigenvalue weighted by atomic mass is 16.4. The largest absolute Gasteiger partial charge is 0.480 e. The molecule has 13 heavy (non-hydrogen) atoms. The molecule has 1 aliphatic heterocycles. The molecule has 72 valence electrons. The van der Waals surface area contributed by atoms with Gasteiger partial charge in [-0.25, -0.2) is 4.79 Å². The van der Waals surface area contributed by atoms with Gasteiger partial charge in [0.05, 0.1) is 6.54 Å². The van der Waals surface area contributed by atoms with Crippen LogP contribution in [0.2, 0.25) is 0 Å². The Labute approximate surface area is 75.7 Å². The SMILES string of the molecule is O=C(O)C1CNCC(=O)N1C1CC1. The summed E-state index contributed by atoms with van der Waals surface area (Å²) in [6.07, 6.45) is 1.91. The number of carboxylic acids is 1. The Kier molecular flexibility index (Phi) is 1.95. The summed E-state index contributed by atoms with van der Waals surface area (Å²) < 4.78 is 0. The summed E-state index contributed by atoms with van der Waals surface area (Å²) in [5.41, 5.74) is 0. The first-order chi connectivity index (χ1) is 6.20. The first-order valence-electron chi connectivity index (χ1n) is 4.45. The number of hydrogen-bond acceptors (Lipinski definition) is 3. The molecule has 5 nitrogen and oxygen atoms in total. The molecular formula is C8H12N2O3. The third-order valence-electron chi connectivity index (χ3n) is 2.46. The molecule has 2 N–H and O–H groups in total. The second-order valence-electron chi connectivity index (χ2n) is 3.52. The molecule has 0 aromatic heterocycles. The van der Waals surface area contributed by atoms with Crippen molar-refractivity contribution in [1.29, 1.82) is 0 Å². The highest BCUT2D eigenvalue weighted by Gasteiger charge is 2.42. The lowest BCUT2D eigenvalue weighted by molar-refractivity contribution is -0.152. The maximum absolute atomic E-state index is 11.4. The minimum Gasteiger partial charge on any atom is -0.480 e. The molecule has 0 spiro atoms. The lowest BCUT2D eigenvalue weighted by Gasteiger charge is -2.33. The van der Waals surface area contributed by atoms with Crippen LogP contribution in [0.25, 0.3) is 0 Å². The van der Waals surface area contributed by atoms with Crippen molar-refractivity contribution in [2.24, 2.45) is 0 Å². The van der Waals surface area contributed by atoms with E-state index in [9.17, 15) is 9.59 Å². The minimum atomic E-state index is -0.910. The average Bonchev–Trinajstić information content (AvgIpc) is 2.86. The third kappa shape index (κ3) is 1.51. The van der Waals surface area contributed by atoms with Gasteiger partial charge in [0.2, 0.25) is 5.91 Å². The molecule has 2 aliphatic rings. The van der Waals surface area contributed by atoms with E-state index in [2.05, 4.69) is 5.32 Å². The molecule has 1 heterocycles. The van der Waals surface area contributed by atoms with Crippen LogP contribution < -0.4 is 5.32 Å². The fraction of sp³-hybridized carbons (Fsp3) is 0.750. The van der Waals surface area contributed by atoms with Crippen molar-refractivity contribution in [1.82, 2.24) is 10.2 Å². The van der Waals surface area contributed by atoms with Crippen molar-refractivity contribution >= 4 is 11.9 Å². The van der Waals surface area contributed by atoms with Gasteiger partial charge in [-0.3, -0.25) is 4.79 Å². The number of amides is 1. The standard InChI is InChI=1S/C8H12N2O3/c11-7-4-9-3-6(8(12)13)10(7)5-1-2-5/h5-6,9H,1-4H2,(H,12,13). The first-order valence-corrected chi connectivity index (χ1v) is 4.45. The van der Waals surface area contributed by atoms with Crippen LogP contribution in [-0.4, -0.2) is 47.1 Å². The van der Waals surface area contributed by atoms with E-state index < -0.39 is 12.0 Å². The molecular weight excluding hydrogens is 172 g/mol. The Morgan fingerprint density at radius 2 is 2.23 bits per heavy atom. The summed E-state index contributed by atoms with van der Waals surface area (Å²) in [7, 11) is 0. The van der Waals surface area contributed by atoms with Crippen molar-refractivity contribution in [2.45, 2.75) is 24.9 Å². The maximum atomic E-state index is 11.4. The molecule has 0 aromatic carbocycles. The summed E-state index contributed by atoms with van der Waals surface area (Å²) in [5.74, 6) is -0.992. The van der Waals surface area contributed by atoms with E-state index in [0.717, 1.165) is 12.8 Å². The van der Waals surface area contributed by atoms with Crippen LogP contribution in [0, 0.1) is 0 Å². The number of hydrogen-bond donors (Lipinski definition) is 2. The van der Waals surface area contributed by atoms with Crippen LogP contribution in [0.1, 0.15) is 12.8 Å². The van der Waals surface area contributed by atoms with Crippen LogP contribution in [-0.2, 0) is 9.59 Å². The van der Waals surface area contributed by atoms with Gasteiger partial charge in [-0.05, 0) is 12.8 Å². The van der Waals surface area contributed by atoms with Crippen LogP contribution in [0.15, 0.2) is 0 Å². The second kappa shape index (κ2) is 2.99. The zero-order chi connectivity index (χ0) is 9.42. The molecule has 2 rings (SSSR count). The fourth-order valence-corrected chi connectivity index (χ4v) is 1.70. The van der Waals surface area contributed by atoms with Crippen molar-refractivity contribution in [3.63, 3.8) is 0 Å². The van der Waals surface area contributed by atoms with Crippen LogP contribution in [0.4, 0.5) is 0 Å². The van der Waals surface area contributed by atoms with E-state index in [-0.39, 0.29) is 18.5 Å². The van der Waals surface area contributed by atoms with E-state index in [1.54, 1.807) is 0 Å². The maximum Gasteiger partial charge on any atom is 0.327 e. The summed E-state index contributed by atoms with van der Waals surface area (Å²) >= 11 is 0. The summed E-state index contributed by atoms with van der Waals surface area (Å²) in [6.45, 7) is 0.651. The Bertz CT molecular complexity index is 250. The van der Waals surface area contributed by atoms with Gasteiger partial charge >= 0.3 is 5.97 Å². The predicted octanol–water partition coefficient (Wildman–Crippen LogP) is -0.966. The topological polar surface area (TPSA) is 69.6 Å². The van der Waals surface area contributed by atoms with Crippen LogP contribution in [0.5, 0.6) is 0 Å². The lowest BCUT2D eigenvalue weighted by atomic mass is 10.2. The lowest BCUT2D eigenvalue weighted by Crippen LogP contribution is -2.58. The molecule has 1 saturated heterocycles. The molecule has 1 atom stereocenters. The number of nitrogens with one attached hydrogen (secondary N) is 1. The molecule has 0 bridgehead atoms. The van der Waals surface area contributed by atoms with E-state index in [1.165, 1.54) is 4.90 Å². The number of carboxylic acid groups (broad SMARTS) is 1. The van der Waals surface area contributed by atoms with E-state index in [1.807, 2.05) is 0 Å². The Morgan fingerprint density at radius 1 is 1.54 bits per heavy atom. The average molecular weight is 184 g/mol. The van der Waals surface area contributed by atoms with Gasteiger partial charge in [-0.15, -0.1) is 0 Å². The van der Waals surface area contributed by atoms with Crippen molar-refractivity contribution in [3.05, 3.63) is 0 Å². The number of nitrogens with zero attached hydrogens (tertiary/aromatic N) is 1. The number of rotatable bonds is 2. The van der Waals surface area contributed by atoms with Crippen LogP contribution >= 0.6 is 0 Å².